The minimum atomic E-state index is -1.23. The second-order valence-corrected chi connectivity index (χ2v) is 11.6. The van der Waals surface area contributed by atoms with Gasteiger partial charge in [-0.15, -0.1) is 23.1 Å². The third kappa shape index (κ3) is 5.65. The van der Waals surface area contributed by atoms with Gasteiger partial charge in [0.15, 0.2) is 0 Å². The maximum atomic E-state index is 13.4. The Hall–Kier alpha value is -4.20. The molecule has 0 bridgehead atoms. The zero-order valence-electron chi connectivity index (χ0n) is 20.6. The first-order chi connectivity index (χ1) is 18.8. The highest BCUT2D eigenvalue weighted by molar-refractivity contribution is 8.00. The van der Waals surface area contributed by atoms with Gasteiger partial charge in [-0.3, -0.25) is 14.4 Å². The number of imide groups is 1. The van der Waals surface area contributed by atoms with Crippen LogP contribution in [-0.2, 0) is 32.0 Å². The Morgan fingerprint density at radius 3 is 2.64 bits per heavy atom. The van der Waals surface area contributed by atoms with Gasteiger partial charge in [0.05, 0.1) is 10.8 Å². The largest absolute Gasteiger partial charge is 0.478 e. The van der Waals surface area contributed by atoms with E-state index in [0.29, 0.717) is 27.1 Å². The van der Waals surface area contributed by atoms with Gasteiger partial charge < -0.3 is 10.4 Å². The SMILES string of the molecule is N#Cc1c(N2C(=O)CC(Sc3cccc(NC(=O)/C=C/C(=O)O)c3)C2=O)sc2c1CCC(c1ccccc1)C2. The van der Waals surface area contributed by atoms with E-state index in [1.807, 2.05) is 18.2 Å². The Bertz CT molecular complexity index is 1540. The van der Waals surface area contributed by atoms with Crippen LogP contribution in [0.2, 0.25) is 0 Å². The predicted octanol–water partition coefficient (Wildman–Crippen LogP) is 4.90. The van der Waals surface area contributed by atoms with E-state index in [4.69, 9.17) is 5.11 Å². The molecule has 1 aliphatic carbocycles. The molecular formula is C29H23N3O5S2. The molecule has 0 saturated carbocycles. The highest BCUT2D eigenvalue weighted by atomic mass is 32.2. The van der Waals surface area contributed by atoms with E-state index in [-0.39, 0.29) is 18.2 Å². The third-order valence-corrected chi connectivity index (χ3v) is 9.11. The number of nitrogens with zero attached hydrogens (tertiary/aromatic N) is 2. The number of hydrogen-bond acceptors (Lipinski definition) is 7. The van der Waals surface area contributed by atoms with Gasteiger partial charge in [0.25, 0.3) is 0 Å². The van der Waals surface area contributed by atoms with E-state index in [1.54, 1.807) is 24.3 Å². The smallest absolute Gasteiger partial charge is 0.328 e. The van der Waals surface area contributed by atoms with E-state index in [1.165, 1.54) is 33.6 Å². The maximum Gasteiger partial charge on any atom is 0.328 e. The van der Waals surface area contributed by atoms with Crippen LogP contribution in [0.4, 0.5) is 10.7 Å². The number of thioether (sulfide) groups is 1. The Morgan fingerprint density at radius 1 is 1.10 bits per heavy atom. The molecule has 1 aromatic heterocycles. The van der Waals surface area contributed by atoms with Gasteiger partial charge in [0, 0.05) is 34.0 Å². The first kappa shape index (κ1) is 26.4. The van der Waals surface area contributed by atoms with Crippen molar-refractivity contribution in [2.45, 2.75) is 41.7 Å². The van der Waals surface area contributed by atoms with Crippen LogP contribution in [0.25, 0.3) is 0 Å². The van der Waals surface area contributed by atoms with E-state index in [9.17, 15) is 24.4 Å². The minimum Gasteiger partial charge on any atom is -0.478 e. The van der Waals surface area contributed by atoms with Crippen LogP contribution in [0.1, 0.15) is 40.3 Å². The average Bonchev–Trinajstić information content (AvgIpc) is 3.42. The number of amides is 3. The lowest BCUT2D eigenvalue weighted by Crippen LogP contribution is -2.31. The van der Waals surface area contributed by atoms with Crippen molar-refractivity contribution in [2.75, 3.05) is 10.2 Å². The summed E-state index contributed by atoms with van der Waals surface area (Å²) < 4.78 is 0. The van der Waals surface area contributed by atoms with Crippen LogP contribution in [-0.4, -0.2) is 34.0 Å². The molecule has 3 amide bonds. The Labute approximate surface area is 232 Å². The number of carboxylic acids is 1. The van der Waals surface area contributed by atoms with Crippen molar-refractivity contribution >= 4 is 57.5 Å². The van der Waals surface area contributed by atoms with Crippen molar-refractivity contribution in [1.82, 2.24) is 0 Å². The molecule has 8 nitrogen and oxygen atoms in total. The topological polar surface area (TPSA) is 128 Å². The quantitative estimate of drug-likeness (QED) is 0.313. The number of carbonyl (C=O) groups is 4. The first-order valence-corrected chi connectivity index (χ1v) is 14.0. The Morgan fingerprint density at radius 2 is 1.90 bits per heavy atom. The zero-order valence-corrected chi connectivity index (χ0v) is 22.3. The van der Waals surface area contributed by atoms with Crippen molar-refractivity contribution in [3.05, 3.63) is 88.3 Å². The fourth-order valence-electron chi connectivity index (χ4n) is 4.91. The van der Waals surface area contributed by atoms with Crippen molar-refractivity contribution < 1.29 is 24.3 Å². The van der Waals surface area contributed by atoms with Gasteiger partial charge in [-0.2, -0.15) is 5.26 Å². The molecule has 1 aliphatic heterocycles. The Kier molecular flexibility index (Phi) is 7.63. The van der Waals surface area contributed by atoms with Crippen LogP contribution < -0.4 is 10.2 Å². The number of nitrogens with one attached hydrogen (secondary N) is 1. The summed E-state index contributed by atoms with van der Waals surface area (Å²) >= 11 is 2.58. The van der Waals surface area contributed by atoms with Crippen molar-refractivity contribution in [3.63, 3.8) is 0 Å². The van der Waals surface area contributed by atoms with Crippen LogP contribution in [0.15, 0.2) is 71.6 Å². The van der Waals surface area contributed by atoms with Crippen LogP contribution in [0, 0.1) is 11.3 Å². The highest BCUT2D eigenvalue weighted by Gasteiger charge is 2.43. The van der Waals surface area contributed by atoms with Crippen molar-refractivity contribution in [2.24, 2.45) is 0 Å². The number of benzene rings is 2. The summed E-state index contributed by atoms with van der Waals surface area (Å²) in [4.78, 5) is 51.9. The summed E-state index contributed by atoms with van der Waals surface area (Å²) in [7, 11) is 0. The van der Waals surface area contributed by atoms with Crippen molar-refractivity contribution in [3.8, 4) is 6.07 Å². The normalized spacial score (nSPS) is 18.7. The molecule has 1 fully saturated rings. The standard InChI is InChI=1S/C29H23N3O5S2/c30-16-22-21-10-9-18(17-5-2-1-3-6-17)13-23(21)39-29(22)32-26(34)15-24(28(32)37)38-20-8-4-7-19(14-20)31-25(33)11-12-27(35)36/h1-8,11-12,14,18,24H,9-10,13,15H2,(H,31,33)(H,35,36)/b12-11+. The van der Waals surface area contributed by atoms with Crippen molar-refractivity contribution in [1.29, 1.82) is 5.26 Å². The lowest BCUT2D eigenvalue weighted by molar-refractivity contribution is -0.131. The lowest BCUT2D eigenvalue weighted by Gasteiger charge is -2.22. The number of thiophene rings is 1. The number of rotatable bonds is 7. The lowest BCUT2D eigenvalue weighted by atomic mass is 9.83. The zero-order chi connectivity index (χ0) is 27.5. The number of carbonyl (C=O) groups excluding carboxylic acids is 3. The minimum absolute atomic E-state index is 0.00150. The molecule has 10 heteroatoms. The van der Waals surface area contributed by atoms with Gasteiger partial charge in [-0.05, 0) is 54.5 Å². The summed E-state index contributed by atoms with van der Waals surface area (Å²) in [6.45, 7) is 0. The molecule has 2 aliphatic rings. The molecule has 196 valence electrons. The summed E-state index contributed by atoms with van der Waals surface area (Å²) in [6.07, 6.45) is 4.05. The van der Waals surface area contributed by atoms with E-state index in [0.717, 1.165) is 41.9 Å². The molecule has 2 N–H and O–H groups in total. The molecule has 2 heterocycles. The monoisotopic (exact) mass is 557 g/mol. The van der Waals surface area contributed by atoms with Crippen LogP contribution in [0.3, 0.4) is 0 Å². The van der Waals surface area contributed by atoms with E-state index in [2.05, 4.69) is 23.5 Å². The first-order valence-electron chi connectivity index (χ1n) is 12.3. The maximum absolute atomic E-state index is 13.4. The van der Waals surface area contributed by atoms with Gasteiger partial charge in [-0.25, -0.2) is 9.69 Å². The second-order valence-electron chi connectivity index (χ2n) is 9.21. The molecule has 2 aromatic carbocycles. The second kappa shape index (κ2) is 11.3. The van der Waals surface area contributed by atoms with Crippen LogP contribution in [0.5, 0.6) is 0 Å². The summed E-state index contributed by atoms with van der Waals surface area (Å²) in [6, 6.07) is 19.3. The van der Waals surface area contributed by atoms with E-state index >= 15 is 0 Å². The molecule has 2 unspecified atom stereocenters. The molecule has 2 atom stereocenters. The number of fused-ring (bicyclic) bond motifs is 1. The molecule has 3 aromatic rings. The summed E-state index contributed by atoms with van der Waals surface area (Å²) in [5.41, 5.74) is 3.05. The Balaban J connectivity index is 1.33. The molecule has 0 spiro atoms. The number of nitriles is 1. The predicted molar refractivity (Wildman–Crippen MR) is 149 cm³/mol. The van der Waals surface area contributed by atoms with Gasteiger partial charge in [-0.1, -0.05) is 36.4 Å². The highest BCUT2D eigenvalue weighted by Crippen LogP contribution is 2.46. The average molecular weight is 558 g/mol. The van der Waals surface area contributed by atoms with E-state index < -0.39 is 17.1 Å². The van der Waals surface area contributed by atoms with Gasteiger partial charge >= 0.3 is 5.97 Å². The molecule has 0 radical (unpaired) electrons. The summed E-state index contributed by atoms with van der Waals surface area (Å²) in [5.74, 6) is -2.20. The molecule has 39 heavy (non-hydrogen) atoms. The number of carboxylic acid groups (broad SMARTS) is 1. The summed E-state index contributed by atoms with van der Waals surface area (Å²) in [5, 5.41) is 21.0. The third-order valence-electron chi connectivity index (χ3n) is 6.70. The fraction of sp³-hybridized carbons (Fsp3) is 0.207. The molecule has 5 rings (SSSR count). The number of anilines is 2. The number of hydrogen-bond donors (Lipinski definition) is 2. The molecule has 1 saturated heterocycles. The number of aliphatic carboxylic acids is 1. The molecular weight excluding hydrogens is 534 g/mol. The fourth-order valence-corrected chi connectivity index (χ4v) is 7.42. The van der Waals surface area contributed by atoms with Gasteiger partial charge in [0.2, 0.25) is 17.7 Å². The van der Waals surface area contributed by atoms with Gasteiger partial charge in [0.1, 0.15) is 11.1 Å². The van der Waals surface area contributed by atoms with Crippen LogP contribution >= 0.6 is 23.1 Å².